The zero-order valence-corrected chi connectivity index (χ0v) is 18.2. The highest BCUT2D eigenvalue weighted by atomic mass is 16.5. The van der Waals surface area contributed by atoms with Crippen molar-refractivity contribution in [1.82, 2.24) is 29.2 Å². The largest absolute Gasteiger partial charge is 0.378 e. The number of nitrogens with zero attached hydrogens (tertiary/aromatic N) is 5. The highest BCUT2D eigenvalue weighted by Crippen LogP contribution is 2.20. The van der Waals surface area contributed by atoms with Crippen LogP contribution in [0.25, 0.3) is 27.9 Å². The number of nitrogens with one attached hydrogen (secondary N) is 1. The molecule has 5 heterocycles. The van der Waals surface area contributed by atoms with Gasteiger partial charge in [0.2, 0.25) is 0 Å². The summed E-state index contributed by atoms with van der Waals surface area (Å²) in [4.78, 5) is 30.9. The molecule has 34 heavy (non-hydrogen) atoms. The molecule has 0 bridgehead atoms. The summed E-state index contributed by atoms with van der Waals surface area (Å²) >= 11 is 0. The minimum absolute atomic E-state index is 0.0260. The third kappa shape index (κ3) is 3.68. The minimum atomic E-state index is 0.0260. The predicted octanol–water partition coefficient (Wildman–Crippen LogP) is 3.14. The first kappa shape index (κ1) is 20.1. The van der Waals surface area contributed by atoms with E-state index in [1.807, 2.05) is 58.1 Å². The van der Waals surface area contributed by atoms with Crippen molar-refractivity contribution in [3.05, 3.63) is 84.2 Å². The highest BCUT2D eigenvalue weighted by molar-refractivity contribution is 5.94. The fourth-order valence-corrected chi connectivity index (χ4v) is 4.06. The monoisotopic (exact) mass is 448 g/mol. The van der Waals surface area contributed by atoms with Crippen LogP contribution in [-0.2, 0) is 4.74 Å². The van der Waals surface area contributed by atoms with E-state index in [0.717, 1.165) is 33.5 Å². The summed E-state index contributed by atoms with van der Waals surface area (Å²) in [7, 11) is 0. The molecule has 166 valence electrons. The van der Waals surface area contributed by atoms with Crippen molar-refractivity contribution in [2.24, 2.45) is 0 Å². The first-order valence-electron chi connectivity index (χ1n) is 11.0. The van der Waals surface area contributed by atoms with Crippen LogP contribution in [0, 0.1) is 11.8 Å². The number of pyridine rings is 1. The van der Waals surface area contributed by atoms with E-state index in [9.17, 15) is 4.79 Å². The van der Waals surface area contributed by atoms with E-state index in [1.165, 1.54) is 0 Å². The molecule has 1 N–H and O–H groups in total. The van der Waals surface area contributed by atoms with Gasteiger partial charge in [0.15, 0.2) is 5.65 Å². The van der Waals surface area contributed by atoms with Crippen molar-refractivity contribution in [1.29, 1.82) is 0 Å². The van der Waals surface area contributed by atoms with Gasteiger partial charge in [-0.2, -0.15) is 0 Å². The van der Waals surface area contributed by atoms with E-state index in [0.29, 0.717) is 37.5 Å². The van der Waals surface area contributed by atoms with Gasteiger partial charge in [-0.05, 0) is 30.2 Å². The van der Waals surface area contributed by atoms with Crippen molar-refractivity contribution < 1.29 is 9.53 Å². The Morgan fingerprint density at radius 2 is 1.82 bits per heavy atom. The molecule has 1 aliphatic rings. The Hall–Kier alpha value is -4.48. The lowest BCUT2D eigenvalue weighted by Crippen LogP contribution is -2.40. The van der Waals surface area contributed by atoms with E-state index >= 15 is 0 Å². The first-order valence-corrected chi connectivity index (χ1v) is 11.0. The third-order valence-corrected chi connectivity index (χ3v) is 5.91. The van der Waals surface area contributed by atoms with Crippen LogP contribution >= 0.6 is 0 Å². The molecular weight excluding hydrogens is 428 g/mol. The van der Waals surface area contributed by atoms with Crippen LogP contribution in [0.3, 0.4) is 0 Å². The number of imidazole rings is 1. The first-order chi connectivity index (χ1) is 16.8. The van der Waals surface area contributed by atoms with Crippen LogP contribution in [0.5, 0.6) is 0 Å². The lowest BCUT2D eigenvalue weighted by molar-refractivity contribution is 0.0303. The summed E-state index contributed by atoms with van der Waals surface area (Å²) in [5, 5.41) is 0.984. The molecule has 0 spiro atoms. The topological polar surface area (TPSA) is 88.4 Å². The highest BCUT2D eigenvalue weighted by Gasteiger charge is 2.18. The quantitative estimate of drug-likeness (QED) is 0.419. The maximum absolute atomic E-state index is 12.7. The lowest BCUT2D eigenvalue weighted by Gasteiger charge is -2.26. The Balaban J connectivity index is 1.29. The Labute approximate surface area is 195 Å². The molecule has 0 unspecified atom stereocenters. The molecule has 5 aromatic rings. The van der Waals surface area contributed by atoms with Gasteiger partial charge in [-0.15, -0.1) is 0 Å². The Morgan fingerprint density at radius 1 is 0.971 bits per heavy atom. The van der Waals surface area contributed by atoms with Crippen molar-refractivity contribution in [2.75, 3.05) is 26.3 Å². The van der Waals surface area contributed by atoms with Gasteiger partial charge in [0.05, 0.1) is 31.3 Å². The van der Waals surface area contributed by atoms with Crippen LogP contribution in [0.1, 0.15) is 21.6 Å². The number of fused-ring (bicyclic) bond motifs is 2. The molecule has 1 fully saturated rings. The smallest absolute Gasteiger partial charge is 0.254 e. The normalized spacial score (nSPS) is 13.7. The number of rotatable bonds is 2. The summed E-state index contributed by atoms with van der Waals surface area (Å²) in [6.07, 6.45) is 8.99. The zero-order valence-electron chi connectivity index (χ0n) is 18.2. The molecule has 4 aromatic heterocycles. The number of hydrogen-bond donors (Lipinski definition) is 1. The van der Waals surface area contributed by atoms with Gasteiger partial charge in [-0.1, -0.05) is 18.1 Å². The maximum Gasteiger partial charge on any atom is 0.254 e. The number of carbonyl (C=O) groups is 1. The van der Waals surface area contributed by atoms with Crippen molar-refractivity contribution in [3.63, 3.8) is 0 Å². The number of H-pyrrole nitrogens is 1. The maximum atomic E-state index is 12.7. The van der Waals surface area contributed by atoms with Crippen molar-refractivity contribution >= 4 is 22.6 Å². The van der Waals surface area contributed by atoms with Gasteiger partial charge in [-0.25, -0.2) is 9.97 Å². The Bertz CT molecular complexity index is 1570. The van der Waals surface area contributed by atoms with Gasteiger partial charge >= 0.3 is 0 Å². The van der Waals surface area contributed by atoms with Crippen LogP contribution in [-0.4, -0.2) is 61.4 Å². The molecule has 0 saturated carbocycles. The Kier molecular flexibility index (Phi) is 5.02. The SMILES string of the molecule is O=C(c1ccc(-c2cn3c(C#Cc4ccnc5[nH]ccc45)cnc3cn2)cc1)N1CCOCC1. The number of aromatic nitrogens is 5. The second-order valence-electron chi connectivity index (χ2n) is 7.97. The fraction of sp³-hybridized carbons (Fsp3) is 0.154. The number of hydrogen-bond acceptors (Lipinski definition) is 5. The average molecular weight is 448 g/mol. The number of ether oxygens (including phenoxy) is 1. The van der Waals surface area contributed by atoms with Gasteiger partial charge in [0.1, 0.15) is 11.3 Å². The summed E-state index contributed by atoms with van der Waals surface area (Å²) in [6.45, 7) is 2.42. The second-order valence-corrected chi connectivity index (χ2v) is 7.97. The van der Waals surface area contributed by atoms with E-state index in [1.54, 1.807) is 18.6 Å². The number of amides is 1. The van der Waals surface area contributed by atoms with Gasteiger partial charge < -0.3 is 14.6 Å². The summed E-state index contributed by atoms with van der Waals surface area (Å²) in [6, 6.07) is 11.4. The number of aromatic amines is 1. The molecule has 1 aliphatic heterocycles. The van der Waals surface area contributed by atoms with E-state index in [4.69, 9.17) is 4.74 Å². The van der Waals surface area contributed by atoms with Gasteiger partial charge in [0.25, 0.3) is 5.91 Å². The molecule has 8 heteroatoms. The van der Waals surface area contributed by atoms with Crippen molar-refractivity contribution in [3.8, 4) is 23.1 Å². The molecule has 1 saturated heterocycles. The standard InChI is InChI=1S/C26H20N6O2/c33-26(31-11-13-34-14-12-31)20-3-1-19(2-4-20)23-17-32-21(15-30-24(32)16-29-23)6-5-18-7-9-27-25-22(18)8-10-28-25/h1-4,7-10,15-17H,11-14H2,(H,27,28). The zero-order chi connectivity index (χ0) is 22.9. The van der Waals surface area contributed by atoms with E-state index < -0.39 is 0 Å². The molecule has 0 aliphatic carbocycles. The predicted molar refractivity (Wildman–Crippen MR) is 127 cm³/mol. The number of benzene rings is 1. The molecule has 0 radical (unpaired) electrons. The average Bonchev–Trinajstić information content (AvgIpc) is 3.55. The van der Waals surface area contributed by atoms with Crippen molar-refractivity contribution in [2.45, 2.75) is 0 Å². The van der Waals surface area contributed by atoms with Gasteiger partial charge in [0, 0.05) is 53.8 Å². The molecular formula is C26H20N6O2. The molecule has 6 rings (SSSR count). The summed E-state index contributed by atoms with van der Waals surface area (Å²) in [5.74, 6) is 6.49. The fourth-order valence-electron chi connectivity index (χ4n) is 4.06. The number of morpholine rings is 1. The van der Waals surface area contributed by atoms with Crippen LogP contribution in [0.2, 0.25) is 0 Å². The number of carbonyl (C=O) groups excluding carboxylic acids is 1. The molecule has 8 nitrogen and oxygen atoms in total. The van der Waals surface area contributed by atoms with Crippen LogP contribution in [0.4, 0.5) is 0 Å². The summed E-state index contributed by atoms with van der Waals surface area (Å²) < 4.78 is 7.26. The minimum Gasteiger partial charge on any atom is -0.378 e. The molecule has 1 amide bonds. The molecule has 0 atom stereocenters. The van der Waals surface area contributed by atoms with E-state index in [2.05, 4.69) is 31.8 Å². The lowest BCUT2D eigenvalue weighted by atomic mass is 10.1. The Morgan fingerprint density at radius 3 is 2.68 bits per heavy atom. The molecule has 1 aromatic carbocycles. The van der Waals surface area contributed by atoms with E-state index in [-0.39, 0.29) is 5.91 Å². The summed E-state index contributed by atoms with van der Waals surface area (Å²) in [5.41, 5.74) is 5.54. The van der Waals surface area contributed by atoms with Crippen LogP contribution < -0.4 is 0 Å². The second kappa shape index (κ2) is 8.46. The third-order valence-electron chi connectivity index (χ3n) is 5.91. The van der Waals surface area contributed by atoms with Gasteiger partial charge in [-0.3, -0.25) is 14.2 Å². The van der Waals surface area contributed by atoms with Crippen LogP contribution in [0.15, 0.2) is 67.4 Å².